The van der Waals surface area contributed by atoms with E-state index >= 15 is 0 Å². The van der Waals surface area contributed by atoms with Crippen LogP contribution in [0.5, 0.6) is 0 Å². The van der Waals surface area contributed by atoms with E-state index in [0.29, 0.717) is 23.2 Å². The lowest BCUT2D eigenvalue weighted by atomic mass is 9.53. The van der Waals surface area contributed by atoms with E-state index in [1.165, 1.54) is 6.42 Å². The molecule has 2 fully saturated rings. The second-order valence-electron chi connectivity index (χ2n) is 7.35. The van der Waals surface area contributed by atoms with Gasteiger partial charge in [-0.1, -0.05) is 13.8 Å². The van der Waals surface area contributed by atoms with Crippen LogP contribution in [0, 0.1) is 23.2 Å². The number of rotatable bonds is 1. The summed E-state index contributed by atoms with van der Waals surface area (Å²) in [6.45, 7) is 8.45. The molecule has 2 N–H and O–H groups in total. The molecule has 2 rings (SSSR count). The van der Waals surface area contributed by atoms with Crippen LogP contribution in [0.15, 0.2) is 0 Å². The van der Waals surface area contributed by atoms with Crippen LogP contribution in [0.25, 0.3) is 0 Å². The van der Waals surface area contributed by atoms with Gasteiger partial charge in [0, 0.05) is 0 Å². The van der Waals surface area contributed by atoms with E-state index in [1.807, 2.05) is 13.8 Å². The van der Waals surface area contributed by atoms with Gasteiger partial charge >= 0.3 is 0 Å². The third-order valence-corrected chi connectivity index (χ3v) is 5.75. The fourth-order valence-electron chi connectivity index (χ4n) is 4.21. The summed E-state index contributed by atoms with van der Waals surface area (Å²) in [4.78, 5) is 0. The fourth-order valence-corrected chi connectivity index (χ4v) is 4.21. The van der Waals surface area contributed by atoms with Crippen molar-refractivity contribution >= 4 is 0 Å². The van der Waals surface area contributed by atoms with Crippen molar-refractivity contribution in [3.63, 3.8) is 0 Å². The van der Waals surface area contributed by atoms with Crippen LogP contribution in [0.2, 0.25) is 0 Å². The van der Waals surface area contributed by atoms with Gasteiger partial charge in [0.1, 0.15) is 0 Å². The van der Waals surface area contributed by atoms with Gasteiger partial charge in [0.05, 0.1) is 11.7 Å². The Bertz CT molecular complexity index is 281. The smallest absolute Gasteiger partial charge is 0.0619 e. The summed E-state index contributed by atoms with van der Waals surface area (Å²) >= 11 is 0. The first-order valence-electron chi connectivity index (χ1n) is 7.14. The van der Waals surface area contributed by atoms with Crippen LogP contribution < -0.4 is 0 Å². The average molecular weight is 240 g/mol. The summed E-state index contributed by atoms with van der Waals surface area (Å²) < 4.78 is 0. The molecule has 0 aromatic heterocycles. The van der Waals surface area contributed by atoms with Crippen LogP contribution in [0.3, 0.4) is 0 Å². The molecule has 0 heterocycles. The molecule has 0 aromatic carbocycles. The van der Waals surface area contributed by atoms with Gasteiger partial charge in [0.15, 0.2) is 0 Å². The molecule has 0 aromatic rings. The lowest BCUT2D eigenvalue weighted by molar-refractivity contribution is -0.101. The van der Waals surface area contributed by atoms with Crippen LogP contribution in [-0.4, -0.2) is 21.9 Å². The summed E-state index contributed by atoms with van der Waals surface area (Å²) in [7, 11) is 0. The van der Waals surface area contributed by atoms with Gasteiger partial charge in [-0.2, -0.15) is 0 Å². The number of fused-ring (bicyclic) bond motifs is 1. The summed E-state index contributed by atoms with van der Waals surface area (Å²) in [5.41, 5.74) is -0.163. The Morgan fingerprint density at radius 3 is 2.35 bits per heavy atom. The first-order chi connectivity index (χ1) is 7.74. The third kappa shape index (κ3) is 2.39. The standard InChI is InChI=1S/C15H28O2/c1-10-12-9-11(14(2,3)17)5-7-15(12,4)8-6-13(10)16/h10-13,16-17H,5-9H2,1-4H3. The molecule has 2 aliphatic rings. The van der Waals surface area contributed by atoms with Crippen molar-refractivity contribution < 1.29 is 10.2 Å². The van der Waals surface area contributed by atoms with Crippen LogP contribution >= 0.6 is 0 Å². The molecular formula is C15H28O2. The highest BCUT2D eigenvalue weighted by Gasteiger charge is 2.49. The lowest BCUT2D eigenvalue weighted by Crippen LogP contribution is -2.49. The van der Waals surface area contributed by atoms with Gasteiger partial charge in [0.25, 0.3) is 0 Å². The minimum atomic E-state index is -0.566. The summed E-state index contributed by atoms with van der Waals surface area (Å²) in [6, 6.07) is 0. The maximum atomic E-state index is 10.2. The molecule has 2 aliphatic carbocycles. The molecule has 100 valence electrons. The SMILES string of the molecule is CC1C(O)CCC2(C)CCC(C(C)(C)O)CC12. The van der Waals surface area contributed by atoms with Crippen molar-refractivity contribution in [1.82, 2.24) is 0 Å². The van der Waals surface area contributed by atoms with E-state index in [-0.39, 0.29) is 6.10 Å². The van der Waals surface area contributed by atoms with Crippen molar-refractivity contribution in [2.45, 2.75) is 71.5 Å². The Morgan fingerprint density at radius 2 is 1.76 bits per heavy atom. The monoisotopic (exact) mass is 240 g/mol. The van der Waals surface area contributed by atoms with Gasteiger partial charge in [-0.25, -0.2) is 0 Å². The quantitative estimate of drug-likeness (QED) is 0.740. The molecule has 5 atom stereocenters. The number of aliphatic hydroxyl groups excluding tert-OH is 1. The average Bonchev–Trinajstić information content (AvgIpc) is 2.22. The van der Waals surface area contributed by atoms with Gasteiger partial charge in [-0.3, -0.25) is 0 Å². The topological polar surface area (TPSA) is 40.5 Å². The number of hydrogen-bond acceptors (Lipinski definition) is 2. The largest absolute Gasteiger partial charge is 0.393 e. The Morgan fingerprint density at radius 1 is 1.18 bits per heavy atom. The zero-order valence-corrected chi connectivity index (χ0v) is 11.7. The van der Waals surface area contributed by atoms with E-state index in [4.69, 9.17) is 0 Å². The lowest BCUT2D eigenvalue weighted by Gasteiger charge is -2.53. The zero-order chi connectivity index (χ0) is 12.8. The second-order valence-corrected chi connectivity index (χ2v) is 7.35. The summed E-state index contributed by atoms with van der Waals surface area (Å²) in [5, 5.41) is 20.3. The molecule has 17 heavy (non-hydrogen) atoms. The van der Waals surface area contributed by atoms with Crippen LogP contribution in [0.1, 0.15) is 59.8 Å². The molecule has 0 radical (unpaired) electrons. The second kappa shape index (κ2) is 4.24. The highest BCUT2D eigenvalue weighted by Crippen LogP contribution is 2.55. The van der Waals surface area contributed by atoms with Gasteiger partial charge in [0.2, 0.25) is 0 Å². The van der Waals surface area contributed by atoms with Gasteiger partial charge in [-0.15, -0.1) is 0 Å². The molecule has 0 aliphatic heterocycles. The first kappa shape index (κ1) is 13.4. The maximum Gasteiger partial charge on any atom is 0.0619 e. The van der Waals surface area contributed by atoms with E-state index < -0.39 is 5.60 Å². The first-order valence-corrected chi connectivity index (χ1v) is 7.14. The normalized spacial score (nSPS) is 47.6. The van der Waals surface area contributed by atoms with E-state index in [0.717, 1.165) is 25.7 Å². The maximum absolute atomic E-state index is 10.2. The van der Waals surface area contributed by atoms with E-state index in [9.17, 15) is 10.2 Å². The Balaban J connectivity index is 2.15. The number of aliphatic hydroxyl groups is 2. The molecule has 2 saturated carbocycles. The van der Waals surface area contributed by atoms with E-state index in [2.05, 4.69) is 13.8 Å². The predicted molar refractivity (Wildman–Crippen MR) is 69.6 cm³/mol. The van der Waals surface area contributed by atoms with Gasteiger partial charge < -0.3 is 10.2 Å². The molecule has 2 heteroatoms. The Labute approximate surface area is 105 Å². The Kier molecular flexibility index (Phi) is 3.33. The molecule has 5 unspecified atom stereocenters. The minimum Gasteiger partial charge on any atom is -0.393 e. The molecule has 0 saturated heterocycles. The van der Waals surface area contributed by atoms with Crippen molar-refractivity contribution in [2.24, 2.45) is 23.2 Å². The van der Waals surface area contributed by atoms with Crippen molar-refractivity contribution in [1.29, 1.82) is 0 Å². The molecule has 2 nitrogen and oxygen atoms in total. The van der Waals surface area contributed by atoms with Crippen molar-refractivity contribution in [2.75, 3.05) is 0 Å². The molecular weight excluding hydrogens is 212 g/mol. The van der Waals surface area contributed by atoms with Crippen LogP contribution in [-0.2, 0) is 0 Å². The Hall–Kier alpha value is -0.0800. The fraction of sp³-hybridized carbons (Fsp3) is 1.00. The highest BCUT2D eigenvalue weighted by molar-refractivity contribution is 4.99. The van der Waals surface area contributed by atoms with Gasteiger partial charge in [-0.05, 0) is 69.1 Å². The predicted octanol–water partition coefficient (Wildman–Crippen LogP) is 2.97. The third-order valence-electron chi connectivity index (χ3n) is 5.75. The van der Waals surface area contributed by atoms with E-state index in [1.54, 1.807) is 0 Å². The summed E-state index contributed by atoms with van der Waals surface area (Å²) in [5.74, 6) is 1.36. The molecule has 0 spiro atoms. The van der Waals surface area contributed by atoms with Crippen molar-refractivity contribution in [3.05, 3.63) is 0 Å². The molecule has 0 amide bonds. The zero-order valence-electron chi connectivity index (χ0n) is 11.7. The number of hydrogen-bond donors (Lipinski definition) is 2. The van der Waals surface area contributed by atoms with Crippen molar-refractivity contribution in [3.8, 4) is 0 Å². The highest BCUT2D eigenvalue weighted by atomic mass is 16.3. The summed E-state index contributed by atoms with van der Waals surface area (Å²) in [6.07, 6.45) is 5.41. The van der Waals surface area contributed by atoms with Crippen LogP contribution in [0.4, 0.5) is 0 Å². The minimum absolute atomic E-state index is 0.131. The molecule has 0 bridgehead atoms.